The number of nitrogens with zero attached hydrogens (tertiary/aromatic N) is 2. The number of aryl methyl sites for hydroxylation is 1. The number of carbonyl (C=O) groups excluding carboxylic acids is 1. The molecule has 41 heavy (non-hydrogen) atoms. The minimum Gasteiger partial charge on any atom is -0.512 e. The van der Waals surface area contributed by atoms with Crippen molar-refractivity contribution in [3.05, 3.63) is 109 Å². The predicted molar refractivity (Wildman–Crippen MR) is 168 cm³/mol. The van der Waals surface area contributed by atoms with Crippen LogP contribution >= 0.6 is 11.3 Å². The number of carbonyl (C=O) groups is 1. The predicted octanol–water partition coefficient (Wildman–Crippen LogP) is 9.41. The summed E-state index contributed by atoms with van der Waals surface area (Å²) in [6, 6.07) is 30.6. The molecule has 0 aliphatic heterocycles. The van der Waals surface area contributed by atoms with E-state index in [0.29, 0.717) is 5.69 Å². The van der Waals surface area contributed by atoms with Crippen molar-refractivity contribution in [1.29, 1.82) is 0 Å². The molecule has 4 aromatic heterocycles. The average Bonchev–Trinajstić information content (AvgIpc) is 3.62. The molecule has 1 N–H and O–H groups in total. The molecule has 8 aromatic rings. The molecule has 203 valence electrons. The van der Waals surface area contributed by atoms with Crippen molar-refractivity contribution in [2.24, 2.45) is 0 Å². The largest absolute Gasteiger partial charge is 0.512 e. The average molecular weight is 733 g/mol. The Morgan fingerprint density at radius 2 is 1.71 bits per heavy atom. The van der Waals surface area contributed by atoms with Gasteiger partial charge in [-0.2, -0.15) is 0 Å². The molecule has 6 heteroatoms. The molecule has 0 aliphatic rings. The Hall–Kier alpha value is -4.09. The van der Waals surface area contributed by atoms with Crippen LogP contribution in [0.4, 0.5) is 0 Å². The number of hydrogen-bond acceptors (Lipinski definition) is 4. The first-order valence-corrected chi connectivity index (χ1v) is 13.7. The van der Waals surface area contributed by atoms with Gasteiger partial charge in [0.1, 0.15) is 0 Å². The van der Waals surface area contributed by atoms with E-state index >= 15 is 0 Å². The molecule has 0 atom stereocenters. The van der Waals surface area contributed by atoms with Crippen molar-refractivity contribution in [3.8, 4) is 11.3 Å². The Morgan fingerprint density at radius 3 is 2.41 bits per heavy atom. The second kappa shape index (κ2) is 10.4. The van der Waals surface area contributed by atoms with Crippen molar-refractivity contribution in [2.45, 2.75) is 20.7 Å². The first-order chi connectivity index (χ1) is 20.6. The first-order valence-electron chi connectivity index (χ1n) is 14.4. The molecular formula is C35H25IrN2O2S-. The fourth-order valence-electron chi connectivity index (χ4n) is 5.71. The Morgan fingerprint density at radius 1 is 0.927 bits per heavy atom. The molecule has 0 saturated carbocycles. The van der Waals surface area contributed by atoms with Crippen LogP contribution in [-0.2, 0) is 24.9 Å². The number of para-hydroxylation sites is 1. The Kier molecular flexibility index (Phi) is 5.98. The van der Waals surface area contributed by atoms with Crippen LogP contribution in [0.3, 0.4) is 0 Å². The monoisotopic (exact) mass is 733 g/mol. The van der Waals surface area contributed by atoms with E-state index in [1.807, 2.05) is 11.3 Å². The number of aliphatic hydroxyl groups is 1. The quantitative estimate of drug-likeness (QED) is 0.110. The summed E-state index contributed by atoms with van der Waals surface area (Å²) in [6.45, 7) is 0.681. The minimum atomic E-state index is -2.17. The summed E-state index contributed by atoms with van der Waals surface area (Å²) in [7, 11) is 0. The van der Waals surface area contributed by atoms with Gasteiger partial charge in [-0.15, -0.1) is 35.1 Å². The summed E-state index contributed by atoms with van der Waals surface area (Å²) in [4.78, 5) is 14.5. The van der Waals surface area contributed by atoms with Crippen molar-refractivity contribution in [3.63, 3.8) is 0 Å². The van der Waals surface area contributed by atoms with E-state index in [2.05, 4.69) is 82.2 Å². The van der Waals surface area contributed by atoms with Crippen LogP contribution in [0.25, 0.3) is 69.5 Å². The summed E-state index contributed by atoms with van der Waals surface area (Å²) in [5.41, 5.74) is 5.35. The van der Waals surface area contributed by atoms with E-state index in [4.69, 9.17) is 9.22 Å². The van der Waals surface area contributed by atoms with E-state index in [0.717, 1.165) is 16.5 Å². The number of allylic oxidation sites excluding steroid dienone is 2. The standard InChI is InChI=1S/C30H17N2S.C5H8O2.Ir/c1-17-10-12-23(31-16-17)18-11-13-25-22(14-18)29-28-20-7-3-5-9-26(20)33-27(28)15-21-19-6-2-4-8-24(19)32(25)30(21)29;1-4(6)3-5(2)7;/h2-10,12-16H,1H3;3,6H,1-2H3;/q-1;;/b;4-3-;/i1D3;;. The van der Waals surface area contributed by atoms with Crippen LogP contribution in [0.5, 0.6) is 0 Å². The van der Waals surface area contributed by atoms with Gasteiger partial charge >= 0.3 is 0 Å². The van der Waals surface area contributed by atoms with Gasteiger partial charge in [-0.05, 0) is 61.1 Å². The number of benzene rings is 4. The Balaban J connectivity index is 0.000000388. The van der Waals surface area contributed by atoms with Gasteiger partial charge in [0.2, 0.25) is 0 Å². The number of fused-ring (bicyclic) bond motifs is 10. The number of thiophene rings is 1. The Labute approximate surface area is 258 Å². The first kappa shape index (κ1) is 23.6. The molecular weight excluding hydrogens is 705 g/mol. The van der Waals surface area contributed by atoms with Crippen LogP contribution in [0.2, 0.25) is 0 Å². The third kappa shape index (κ3) is 4.40. The molecule has 4 nitrogen and oxygen atoms in total. The molecule has 1 radical (unpaired) electrons. The summed E-state index contributed by atoms with van der Waals surface area (Å²) in [5.74, 6) is -0.0625. The number of hydrogen-bond donors (Lipinski definition) is 1. The number of pyridine rings is 1. The molecule has 4 heterocycles. The molecule has 0 amide bonds. The van der Waals surface area contributed by atoms with Crippen LogP contribution < -0.4 is 0 Å². The Bertz CT molecular complexity index is 2380. The number of aromatic nitrogens is 2. The van der Waals surface area contributed by atoms with Gasteiger partial charge in [0.15, 0.2) is 5.78 Å². The van der Waals surface area contributed by atoms with E-state index in [9.17, 15) is 4.79 Å². The maximum Gasteiger partial charge on any atom is 0.155 e. The van der Waals surface area contributed by atoms with Gasteiger partial charge in [-0.3, -0.25) is 4.79 Å². The van der Waals surface area contributed by atoms with Gasteiger partial charge in [0, 0.05) is 73.0 Å². The van der Waals surface area contributed by atoms with Crippen LogP contribution in [0, 0.1) is 12.9 Å². The second-order valence-electron chi connectivity index (χ2n) is 9.95. The zero-order valence-corrected chi connectivity index (χ0v) is 25.4. The van der Waals surface area contributed by atoms with E-state index in [-0.39, 0.29) is 37.2 Å². The van der Waals surface area contributed by atoms with Crippen LogP contribution in [0.1, 0.15) is 23.5 Å². The van der Waals surface area contributed by atoms with Crippen LogP contribution in [-0.4, -0.2) is 20.3 Å². The van der Waals surface area contributed by atoms with E-state index in [1.165, 1.54) is 73.5 Å². The normalized spacial score (nSPS) is 13.3. The van der Waals surface area contributed by atoms with Crippen LogP contribution in [0.15, 0.2) is 96.9 Å². The molecule has 0 unspecified atom stereocenters. The summed E-state index contributed by atoms with van der Waals surface area (Å²) in [5, 5.41) is 15.8. The molecule has 0 spiro atoms. The number of rotatable bonds is 2. The summed E-state index contributed by atoms with van der Waals surface area (Å²) < 4.78 is 27.9. The molecule has 0 fully saturated rings. The van der Waals surface area contributed by atoms with E-state index < -0.39 is 6.85 Å². The SMILES string of the molecule is CC(=O)/C=C(/C)O.[2H]C([2H])([2H])c1ccc(-c2[c-]cc3c(c2)c2c4c(cc5c6ccccc6n3c52)sc2ccccc24)nc1.[Ir]. The zero-order chi connectivity index (χ0) is 30.0. The fourth-order valence-corrected chi connectivity index (χ4v) is 6.86. The van der Waals surface area contributed by atoms with Crippen molar-refractivity contribution in [1.82, 2.24) is 9.38 Å². The van der Waals surface area contributed by atoms with Gasteiger partial charge in [-0.1, -0.05) is 53.9 Å². The van der Waals surface area contributed by atoms with Crippen molar-refractivity contribution < 1.29 is 34.1 Å². The molecule has 8 rings (SSSR count). The third-order valence-electron chi connectivity index (χ3n) is 7.19. The zero-order valence-electron chi connectivity index (χ0n) is 25.2. The number of aliphatic hydroxyl groups excluding tert-OH is 1. The minimum absolute atomic E-state index is 0. The molecule has 0 saturated heterocycles. The maximum absolute atomic E-state index is 10.0. The molecule has 0 aliphatic carbocycles. The third-order valence-corrected chi connectivity index (χ3v) is 8.31. The number of ketones is 1. The maximum atomic E-state index is 10.0. The summed E-state index contributed by atoms with van der Waals surface area (Å²) >= 11 is 1.84. The van der Waals surface area contributed by atoms with Gasteiger partial charge in [0.05, 0.1) is 11.3 Å². The van der Waals surface area contributed by atoms with Gasteiger partial charge in [-0.25, -0.2) is 0 Å². The fraction of sp³-hybridized carbons (Fsp3) is 0.0857. The molecule has 4 aromatic carbocycles. The van der Waals surface area contributed by atoms with Crippen molar-refractivity contribution >= 4 is 75.4 Å². The smallest absolute Gasteiger partial charge is 0.155 e. The van der Waals surface area contributed by atoms with Gasteiger partial charge < -0.3 is 14.5 Å². The van der Waals surface area contributed by atoms with Gasteiger partial charge in [0.25, 0.3) is 0 Å². The molecule has 0 bridgehead atoms. The second-order valence-corrected chi connectivity index (χ2v) is 11.0. The van der Waals surface area contributed by atoms with Crippen molar-refractivity contribution in [2.75, 3.05) is 0 Å². The van der Waals surface area contributed by atoms with E-state index in [1.54, 1.807) is 12.1 Å². The topological polar surface area (TPSA) is 54.6 Å². The summed E-state index contributed by atoms with van der Waals surface area (Å²) in [6.07, 6.45) is 2.62.